The van der Waals surface area contributed by atoms with Crippen molar-refractivity contribution in [1.29, 1.82) is 0 Å². The monoisotopic (exact) mass is 303 g/mol. The zero-order valence-electron chi connectivity index (χ0n) is 11.4. The predicted molar refractivity (Wildman–Crippen MR) is 77.5 cm³/mol. The van der Waals surface area contributed by atoms with E-state index in [9.17, 15) is 9.13 Å². The molecule has 1 heterocycles. The first-order valence-electron chi connectivity index (χ1n) is 6.43. The van der Waals surface area contributed by atoms with Crippen LogP contribution in [0.15, 0.2) is 24.3 Å². The topological polar surface area (TPSA) is 55.8 Å². The molecule has 0 amide bonds. The van der Waals surface area contributed by atoms with Crippen LogP contribution in [0.5, 0.6) is 5.75 Å². The lowest BCUT2D eigenvalue weighted by Crippen LogP contribution is -2.18. The molecule has 7 heteroatoms. The van der Waals surface area contributed by atoms with Gasteiger partial charge in [-0.2, -0.15) is 0 Å². The summed E-state index contributed by atoms with van der Waals surface area (Å²) in [6.45, 7) is 5.64. The van der Waals surface area contributed by atoms with Crippen molar-refractivity contribution in [2.45, 2.75) is 20.8 Å². The fourth-order valence-corrected chi connectivity index (χ4v) is 7.68. The first-order valence-corrected chi connectivity index (χ1v) is 9.95. The molecule has 5 nitrogen and oxygen atoms in total. The van der Waals surface area contributed by atoms with Crippen LogP contribution < -0.4 is 8.96 Å². The standard InChI is InChI=1S/C12H19NO4P2/c1-4-16-18(14,5-2)13-11-9-7-8-10-12(11)17-19(13,15)6-3/h7-10H,4-6H2,1-3H3. The normalized spacial score (nSPS) is 24.7. The van der Waals surface area contributed by atoms with E-state index < -0.39 is 15.0 Å². The SMILES string of the molecule is CCOP(=O)(CC)N1c2ccccc2OP1(=O)CC. The Labute approximate surface area is 113 Å². The van der Waals surface area contributed by atoms with E-state index in [1.165, 1.54) is 4.44 Å². The molecule has 0 fully saturated rings. The van der Waals surface area contributed by atoms with Gasteiger partial charge in [0.1, 0.15) is 0 Å². The Bertz CT molecular complexity index is 560. The molecule has 0 saturated heterocycles. The smallest absolute Gasteiger partial charge is 0.350 e. The van der Waals surface area contributed by atoms with Crippen LogP contribution in [0.2, 0.25) is 0 Å². The van der Waals surface area contributed by atoms with Crippen molar-refractivity contribution in [2.24, 2.45) is 0 Å². The second kappa shape index (κ2) is 5.32. The van der Waals surface area contributed by atoms with Gasteiger partial charge in [0.05, 0.1) is 18.5 Å². The Morgan fingerprint density at radius 2 is 2.00 bits per heavy atom. The van der Waals surface area contributed by atoms with Crippen molar-refractivity contribution in [3.63, 3.8) is 0 Å². The molecule has 0 spiro atoms. The van der Waals surface area contributed by atoms with Crippen LogP contribution in [0, 0.1) is 0 Å². The number of anilines is 1. The minimum Gasteiger partial charge on any atom is -0.426 e. The van der Waals surface area contributed by atoms with Crippen LogP contribution in [0.25, 0.3) is 0 Å². The van der Waals surface area contributed by atoms with E-state index in [4.69, 9.17) is 9.05 Å². The molecule has 0 N–H and O–H groups in total. The van der Waals surface area contributed by atoms with Gasteiger partial charge in [-0.1, -0.05) is 26.0 Å². The highest BCUT2D eigenvalue weighted by Crippen LogP contribution is 2.73. The summed E-state index contributed by atoms with van der Waals surface area (Å²) in [5.74, 6) is 0.515. The largest absolute Gasteiger partial charge is 0.426 e. The van der Waals surface area contributed by atoms with E-state index in [1.807, 2.05) is 6.07 Å². The van der Waals surface area contributed by atoms with Crippen molar-refractivity contribution < 1.29 is 18.2 Å². The zero-order chi connectivity index (χ0) is 14.1. The number of hydrogen-bond acceptors (Lipinski definition) is 4. The molecule has 0 aliphatic carbocycles. The molecule has 1 aromatic carbocycles. The van der Waals surface area contributed by atoms with Crippen molar-refractivity contribution in [2.75, 3.05) is 23.4 Å². The minimum absolute atomic E-state index is 0.290. The summed E-state index contributed by atoms with van der Waals surface area (Å²) < 4.78 is 38.3. The molecule has 0 bridgehead atoms. The van der Waals surface area contributed by atoms with Gasteiger partial charge in [0, 0.05) is 6.16 Å². The maximum Gasteiger partial charge on any atom is 0.350 e. The molecule has 2 unspecified atom stereocenters. The van der Waals surface area contributed by atoms with Gasteiger partial charge >= 0.3 is 15.0 Å². The van der Waals surface area contributed by atoms with Gasteiger partial charge in [-0.05, 0) is 19.1 Å². The van der Waals surface area contributed by atoms with Crippen LogP contribution in [0.3, 0.4) is 0 Å². The lowest BCUT2D eigenvalue weighted by molar-refractivity contribution is 0.334. The first-order chi connectivity index (χ1) is 9.00. The molecule has 1 aliphatic heterocycles. The Morgan fingerprint density at radius 3 is 2.58 bits per heavy atom. The van der Waals surface area contributed by atoms with E-state index in [-0.39, 0.29) is 0 Å². The van der Waals surface area contributed by atoms with Gasteiger partial charge in [-0.25, -0.2) is 4.44 Å². The number of rotatable bonds is 5. The molecular formula is C12H19NO4P2. The Morgan fingerprint density at radius 1 is 1.32 bits per heavy atom. The summed E-state index contributed by atoms with van der Waals surface area (Å²) in [6, 6.07) is 7.13. The highest BCUT2D eigenvalue weighted by molar-refractivity contribution is 7.79. The number of hydrogen-bond donors (Lipinski definition) is 0. The molecule has 0 radical (unpaired) electrons. The van der Waals surface area contributed by atoms with E-state index in [0.29, 0.717) is 30.4 Å². The van der Waals surface area contributed by atoms with E-state index in [0.717, 1.165) is 0 Å². The summed E-state index contributed by atoms with van der Waals surface area (Å²) >= 11 is 0. The Hall–Kier alpha value is -0.760. The lowest BCUT2D eigenvalue weighted by Gasteiger charge is -2.30. The lowest BCUT2D eigenvalue weighted by atomic mass is 10.3. The highest BCUT2D eigenvalue weighted by atomic mass is 31.2. The van der Waals surface area contributed by atoms with Crippen LogP contribution in [-0.2, 0) is 13.7 Å². The number of fused-ring (bicyclic) bond motifs is 1. The molecule has 19 heavy (non-hydrogen) atoms. The average molecular weight is 303 g/mol. The summed E-state index contributed by atoms with van der Waals surface area (Å²) in [5, 5.41) is 0. The second-order valence-corrected chi connectivity index (χ2v) is 9.54. The van der Waals surface area contributed by atoms with Gasteiger partial charge in [0.25, 0.3) is 0 Å². The molecule has 106 valence electrons. The number of nitrogens with zero attached hydrogens (tertiary/aromatic N) is 1. The van der Waals surface area contributed by atoms with E-state index >= 15 is 0 Å². The highest BCUT2D eigenvalue weighted by Gasteiger charge is 2.49. The quantitative estimate of drug-likeness (QED) is 0.757. The van der Waals surface area contributed by atoms with Gasteiger partial charge < -0.3 is 9.05 Å². The molecular weight excluding hydrogens is 284 g/mol. The van der Waals surface area contributed by atoms with Crippen molar-refractivity contribution in [1.82, 2.24) is 0 Å². The summed E-state index contributed by atoms with van der Waals surface area (Å²) in [5.41, 5.74) is 0.603. The third-order valence-corrected chi connectivity index (χ3v) is 8.99. The maximum atomic E-state index is 13.0. The molecule has 2 rings (SSSR count). The fraction of sp³-hybridized carbons (Fsp3) is 0.500. The number of benzene rings is 1. The molecule has 1 aromatic rings. The van der Waals surface area contributed by atoms with Gasteiger partial charge in [0.2, 0.25) is 0 Å². The predicted octanol–water partition coefficient (Wildman–Crippen LogP) is 4.35. The van der Waals surface area contributed by atoms with Crippen molar-refractivity contribution >= 4 is 20.7 Å². The van der Waals surface area contributed by atoms with Crippen LogP contribution in [-0.4, -0.2) is 18.9 Å². The minimum atomic E-state index is -3.17. The molecule has 1 aliphatic rings. The van der Waals surface area contributed by atoms with Crippen LogP contribution >= 0.6 is 15.0 Å². The Kier molecular flexibility index (Phi) is 4.10. The van der Waals surface area contributed by atoms with Gasteiger partial charge in [-0.15, -0.1) is 0 Å². The summed E-state index contributed by atoms with van der Waals surface area (Å²) in [6.07, 6.45) is 0.585. The van der Waals surface area contributed by atoms with E-state index in [2.05, 4.69) is 0 Å². The zero-order valence-corrected chi connectivity index (χ0v) is 13.2. The first kappa shape index (κ1) is 14.6. The molecule has 2 atom stereocenters. The molecule has 0 saturated carbocycles. The van der Waals surface area contributed by atoms with E-state index in [1.54, 1.807) is 39.0 Å². The van der Waals surface area contributed by atoms with Gasteiger partial charge in [-0.3, -0.25) is 9.13 Å². The van der Waals surface area contributed by atoms with Crippen LogP contribution in [0.1, 0.15) is 20.8 Å². The van der Waals surface area contributed by atoms with Crippen molar-refractivity contribution in [3.8, 4) is 5.75 Å². The fourth-order valence-electron chi connectivity index (χ4n) is 2.11. The summed E-state index contributed by atoms with van der Waals surface area (Å²) in [4.78, 5) is 0. The average Bonchev–Trinajstić information content (AvgIpc) is 2.72. The van der Waals surface area contributed by atoms with Crippen LogP contribution in [0.4, 0.5) is 5.69 Å². The number of para-hydroxylation sites is 2. The van der Waals surface area contributed by atoms with Gasteiger partial charge in [0.15, 0.2) is 5.75 Å². The third kappa shape index (κ3) is 2.35. The third-order valence-electron chi connectivity index (χ3n) is 3.03. The Balaban J connectivity index is 2.57. The summed E-state index contributed by atoms with van der Waals surface area (Å²) in [7, 11) is -6.34. The maximum absolute atomic E-state index is 13.0. The molecule has 0 aromatic heterocycles. The van der Waals surface area contributed by atoms with Crippen molar-refractivity contribution in [3.05, 3.63) is 24.3 Å². The second-order valence-electron chi connectivity index (χ2n) is 4.17.